The summed E-state index contributed by atoms with van der Waals surface area (Å²) in [4.78, 5) is 22.6. The molecule has 0 spiro atoms. The Kier molecular flexibility index (Phi) is 3.63. The number of nitrogens with zero attached hydrogens (tertiary/aromatic N) is 3. The Morgan fingerprint density at radius 2 is 2.36 bits per heavy atom. The van der Waals surface area contributed by atoms with Gasteiger partial charge in [-0.3, -0.25) is 4.79 Å². The predicted octanol–water partition coefficient (Wildman–Crippen LogP) is 2.53. The Morgan fingerprint density at radius 3 is 3.14 bits per heavy atom. The van der Waals surface area contributed by atoms with Gasteiger partial charge >= 0.3 is 0 Å². The van der Waals surface area contributed by atoms with Crippen LogP contribution in [-0.2, 0) is 4.74 Å². The van der Waals surface area contributed by atoms with Gasteiger partial charge in [0.2, 0.25) is 0 Å². The van der Waals surface area contributed by atoms with Crippen molar-refractivity contribution in [3.05, 3.63) is 46.7 Å². The third-order valence-electron chi connectivity index (χ3n) is 4.54. The van der Waals surface area contributed by atoms with Gasteiger partial charge < -0.3 is 9.64 Å². The van der Waals surface area contributed by atoms with Crippen molar-refractivity contribution in [2.45, 2.75) is 25.0 Å². The Morgan fingerprint density at radius 1 is 1.41 bits per heavy atom. The molecule has 0 aromatic carbocycles. The Labute approximate surface area is 133 Å². The molecule has 2 aromatic rings. The molecule has 1 amide bonds. The van der Waals surface area contributed by atoms with E-state index in [1.54, 1.807) is 23.9 Å². The van der Waals surface area contributed by atoms with Gasteiger partial charge in [-0.15, -0.1) is 0 Å². The number of likely N-dealkylation sites (tertiary alicyclic amines) is 1. The molecule has 2 aliphatic rings. The van der Waals surface area contributed by atoms with E-state index in [1.165, 1.54) is 0 Å². The molecular weight excluding hydrogens is 298 g/mol. The molecule has 2 aliphatic heterocycles. The molecule has 0 N–H and O–H groups in total. The van der Waals surface area contributed by atoms with E-state index in [0.717, 1.165) is 30.6 Å². The van der Waals surface area contributed by atoms with E-state index in [4.69, 9.17) is 4.74 Å². The summed E-state index contributed by atoms with van der Waals surface area (Å²) in [7, 11) is 0. The molecule has 4 rings (SSSR count). The molecule has 0 unspecified atom stereocenters. The SMILES string of the molecule is O=C(c1ccsc1)N1CC[C@@H]2C[C@H](c3ccncn3)O[C@H]2C1. The van der Waals surface area contributed by atoms with Crippen molar-refractivity contribution in [2.75, 3.05) is 13.1 Å². The zero-order valence-corrected chi connectivity index (χ0v) is 12.9. The molecule has 0 radical (unpaired) electrons. The number of ether oxygens (including phenoxy) is 1. The van der Waals surface area contributed by atoms with E-state index < -0.39 is 0 Å². The van der Waals surface area contributed by atoms with Crippen LogP contribution in [0.3, 0.4) is 0 Å². The number of piperidine rings is 1. The van der Waals surface area contributed by atoms with Crippen LogP contribution in [0.5, 0.6) is 0 Å². The standard InChI is InChI=1S/C16H17N3O2S/c20-16(12-3-6-22-9-12)19-5-2-11-7-14(21-15(11)8-19)13-1-4-17-10-18-13/h1,3-4,6,9-11,14-15H,2,5,7-8H2/t11-,14-,15+/m1/s1. The number of carbonyl (C=O) groups is 1. The number of hydrogen-bond donors (Lipinski definition) is 0. The second-order valence-corrected chi connectivity index (χ2v) is 6.63. The summed E-state index contributed by atoms with van der Waals surface area (Å²) < 4.78 is 6.17. The maximum absolute atomic E-state index is 12.5. The zero-order valence-electron chi connectivity index (χ0n) is 12.1. The average molecular weight is 315 g/mol. The summed E-state index contributed by atoms with van der Waals surface area (Å²) in [5, 5.41) is 3.85. The van der Waals surface area contributed by atoms with Gasteiger partial charge in [-0.25, -0.2) is 9.97 Å². The van der Waals surface area contributed by atoms with Gasteiger partial charge in [-0.2, -0.15) is 11.3 Å². The highest BCUT2D eigenvalue weighted by molar-refractivity contribution is 7.08. The summed E-state index contributed by atoms with van der Waals surface area (Å²) in [6, 6.07) is 3.80. The van der Waals surface area contributed by atoms with Crippen LogP contribution in [0.25, 0.3) is 0 Å². The molecule has 2 aromatic heterocycles. The first-order valence-electron chi connectivity index (χ1n) is 7.54. The van der Waals surface area contributed by atoms with Gasteiger partial charge in [0, 0.05) is 24.7 Å². The number of thiophene rings is 1. The van der Waals surface area contributed by atoms with Crippen LogP contribution in [0.4, 0.5) is 0 Å². The zero-order chi connectivity index (χ0) is 14.9. The molecule has 2 saturated heterocycles. The summed E-state index contributed by atoms with van der Waals surface area (Å²) in [5.74, 6) is 0.639. The van der Waals surface area contributed by atoms with Gasteiger partial charge in [0.15, 0.2) is 0 Å². The molecule has 4 heterocycles. The molecule has 0 bridgehead atoms. The summed E-state index contributed by atoms with van der Waals surface area (Å²) >= 11 is 1.56. The third-order valence-corrected chi connectivity index (χ3v) is 5.23. The first-order chi connectivity index (χ1) is 10.8. The fourth-order valence-corrected chi connectivity index (χ4v) is 4.00. The highest BCUT2D eigenvalue weighted by Gasteiger charge is 2.41. The third kappa shape index (κ3) is 2.53. The van der Waals surface area contributed by atoms with Crippen molar-refractivity contribution in [3.8, 4) is 0 Å². The number of fused-ring (bicyclic) bond motifs is 1. The minimum Gasteiger partial charge on any atom is -0.367 e. The van der Waals surface area contributed by atoms with Crippen LogP contribution in [0, 0.1) is 5.92 Å². The predicted molar refractivity (Wildman–Crippen MR) is 82.6 cm³/mol. The number of rotatable bonds is 2. The van der Waals surface area contributed by atoms with E-state index in [1.807, 2.05) is 27.8 Å². The maximum atomic E-state index is 12.5. The second-order valence-electron chi connectivity index (χ2n) is 5.85. The van der Waals surface area contributed by atoms with Crippen LogP contribution in [0.1, 0.15) is 35.0 Å². The van der Waals surface area contributed by atoms with E-state index in [-0.39, 0.29) is 18.1 Å². The van der Waals surface area contributed by atoms with Crippen molar-refractivity contribution >= 4 is 17.2 Å². The molecule has 0 aliphatic carbocycles. The quantitative estimate of drug-likeness (QED) is 0.854. The highest BCUT2D eigenvalue weighted by Crippen LogP contribution is 2.40. The van der Waals surface area contributed by atoms with Crippen LogP contribution in [0.2, 0.25) is 0 Å². The van der Waals surface area contributed by atoms with E-state index in [9.17, 15) is 4.79 Å². The van der Waals surface area contributed by atoms with Crippen molar-refractivity contribution in [2.24, 2.45) is 5.92 Å². The Bertz CT molecular complexity index is 647. The van der Waals surface area contributed by atoms with Crippen LogP contribution in [-0.4, -0.2) is 40.0 Å². The molecule has 3 atom stereocenters. The molecule has 6 heteroatoms. The van der Waals surface area contributed by atoms with E-state index in [0.29, 0.717) is 12.5 Å². The van der Waals surface area contributed by atoms with Crippen LogP contribution >= 0.6 is 11.3 Å². The van der Waals surface area contributed by atoms with Gasteiger partial charge in [-0.1, -0.05) is 0 Å². The molecule has 0 saturated carbocycles. The van der Waals surface area contributed by atoms with Gasteiger partial charge in [0.05, 0.1) is 17.4 Å². The van der Waals surface area contributed by atoms with Crippen molar-refractivity contribution in [1.29, 1.82) is 0 Å². The summed E-state index contributed by atoms with van der Waals surface area (Å²) in [5.41, 5.74) is 1.73. The highest BCUT2D eigenvalue weighted by atomic mass is 32.1. The lowest BCUT2D eigenvalue weighted by Gasteiger charge is -2.33. The molecule has 2 fully saturated rings. The largest absolute Gasteiger partial charge is 0.367 e. The Balaban J connectivity index is 1.45. The monoisotopic (exact) mass is 315 g/mol. The second kappa shape index (κ2) is 5.78. The lowest BCUT2D eigenvalue weighted by molar-refractivity contribution is -0.00563. The number of carbonyl (C=O) groups excluding carboxylic acids is 1. The van der Waals surface area contributed by atoms with Gasteiger partial charge in [-0.05, 0) is 36.3 Å². The Hall–Kier alpha value is -1.79. The minimum atomic E-state index is 0.0363. The molecule has 5 nitrogen and oxygen atoms in total. The fraction of sp³-hybridized carbons (Fsp3) is 0.438. The van der Waals surface area contributed by atoms with Crippen LogP contribution < -0.4 is 0 Å². The topological polar surface area (TPSA) is 55.3 Å². The van der Waals surface area contributed by atoms with Crippen molar-refractivity contribution in [3.63, 3.8) is 0 Å². The van der Waals surface area contributed by atoms with E-state index >= 15 is 0 Å². The molecular formula is C16H17N3O2S. The smallest absolute Gasteiger partial charge is 0.254 e. The number of aromatic nitrogens is 2. The normalized spacial score (nSPS) is 27.6. The number of amides is 1. The lowest BCUT2D eigenvalue weighted by atomic mass is 9.91. The molecule has 22 heavy (non-hydrogen) atoms. The van der Waals surface area contributed by atoms with Gasteiger partial charge in [0.1, 0.15) is 12.4 Å². The summed E-state index contributed by atoms with van der Waals surface area (Å²) in [6.07, 6.45) is 5.46. The first-order valence-corrected chi connectivity index (χ1v) is 8.48. The lowest BCUT2D eigenvalue weighted by Crippen LogP contribution is -2.45. The fourth-order valence-electron chi connectivity index (χ4n) is 3.37. The first kappa shape index (κ1) is 13.8. The molecule has 114 valence electrons. The van der Waals surface area contributed by atoms with E-state index in [2.05, 4.69) is 9.97 Å². The van der Waals surface area contributed by atoms with Crippen molar-refractivity contribution in [1.82, 2.24) is 14.9 Å². The van der Waals surface area contributed by atoms with Gasteiger partial charge in [0.25, 0.3) is 5.91 Å². The van der Waals surface area contributed by atoms with Crippen LogP contribution in [0.15, 0.2) is 35.4 Å². The number of hydrogen-bond acceptors (Lipinski definition) is 5. The minimum absolute atomic E-state index is 0.0363. The summed E-state index contributed by atoms with van der Waals surface area (Å²) in [6.45, 7) is 1.50. The maximum Gasteiger partial charge on any atom is 0.254 e. The van der Waals surface area contributed by atoms with Crippen molar-refractivity contribution < 1.29 is 9.53 Å². The average Bonchev–Trinajstić information content (AvgIpc) is 3.23.